The van der Waals surface area contributed by atoms with Gasteiger partial charge in [-0.1, -0.05) is 6.07 Å². The number of carbonyl (C=O) groups is 3. The second-order valence-corrected chi connectivity index (χ2v) is 8.77. The van der Waals surface area contributed by atoms with Crippen LogP contribution in [-0.4, -0.2) is 45.0 Å². The van der Waals surface area contributed by atoms with E-state index in [1.165, 1.54) is 34.2 Å². The summed E-state index contributed by atoms with van der Waals surface area (Å²) in [5.74, 6) is -1.67. The molecular weight excluding hydrogens is 373 g/mol. The quantitative estimate of drug-likeness (QED) is 0.428. The molecule has 2 saturated heterocycles. The Labute approximate surface area is 175 Å². The maximum atomic E-state index is 12.2. The van der Waals surface area contributed by atoms with E-state index in [1.807, 2.05) is 17.5 Å². The van der Waals surface area contributed by atoms with E-state index < -0.39 is 34.7 Å². The molecule has 2 aliphatic rings. The number of hydrogen-bond acceptors (Lipinski definition) is 6. The van der Waals surface area contributed by atoms with Gasteiger partial charge in [-0.2, -0.15) is 0 Å². The molecule has 3 rings (SSSR count). The molecule has 1 aromatic heterocycles. The minimum Gasteiger partial charge on any atom is -0.548 e. The molecule has 3 atom stereocenters. The van der Waals surface area contributed by atoms with Crippen LogP contribution < -0.4 is 45.3 Å². The predicted molar refractivity (Wildman–Crippen MR) is 89.9 cm³/mol. The molecule has 0 aliphatic carbocycles. The molecule has 128 valence electrons. The van der Waals surface area contributed by atoms with Crippen molar-refractivity contribution in [2.75, 3.05) is 0 Å². The molecule has 10 heteroatoms. The number of nitrogens with one attached hydrogen (secondary N) is 2. The van der Waals surface area contributed by atoms with E-state index in [1.54, 1.807) is 19.9 Å². The molecule has 2 unspecified atom stereocenters. The molecule has 2 aliphatic heterocycles. The van der Waals surface area contributed by atoms with Crippen molar-refractivity contribution in [2.24, 2.45) is 0 Å². The molecule has 2 fully saturated rings. The van der Waals surface area contributed by atoms with Crippen molar-refractivity contribution in [1.82, 2.24) is 15.5 Å². The van der Waals surface area contributed by atoms with Gasteiger partial charge in [0, 0.05) is 15.8 Å². The van der Waals surface area contributed by atoms with Gasteiger partial charge < -0.3 is 25.4 Å². The Hall–Kier alpha value is -1.00. The van der Waals surface area contributed by atoms with Gasteiger partial charge in [0.2, 0.25) is 5.91 Å². The summed E-state index contributed by atoms with van der Waals surface area (Å²) in [6.45, 7) is 3.51. The van der Waals surface area contributed by atoms with Gasteiger partial charge in [-0.05, 0) is 31.4 Å². The van der Waals surface area contributed by atoms with Crippen LogP contribution in [0.25, 0.3) is 6.08 Å². The Morgan fingerprint density at radius 3 is 2.72 bits per heavy atom. The molecule has 25 heavy (non-hydrogen) atoms. The van der Waals surface area contributed by atoms with Crippen LogP contribution in [0.2, 0.25) is 0 Å². The van der Waals surface area contributed by atoms with Gasteiger partial charge in [0.05, 0.1) is 12.0 Å². The first kappa shape index (κ1) is 20.3. The van der Waals surface area contributed by atoms with E-state index in [0.717, 1.165) is 4.88 Å². The van der Waals surface area contributed by atoms with Crippen LogP contribution in [0, 0.1) is 0 Å². The third-order valence-corrected chi connectivity index (χ3v) is 6.37. The van der Waals surface area contributed by atoms with Crippen LogP contribution >= 0.6 is 23.1 Å². The fourth-order valence-electron chi connectivity index (χ4n) is 2.89. The summed E-state index contributed by atoms with van der Waals surface area (Å²) in [4.78, 5) is 37.7. The summed E-state index contributed by atoms with van der Waals surface area (Å²) in [6.07, 6.45) is 3.25. The van der Waals surface area contributed by atoms with Crippen molar-refractivity contribution in [1.29, 1.82) is 0 Å². The van der Waals surface area contributed by atoms with E-state index >= 15 is 0 Å². The fraction of sp³-hybridized carbons (Fsp3) is 0.400. The third kappa shape index (κ3) is 3.90. The van der Waals surface area contributed by atoms with Crippen molar-refractivity contribution in [2.45, 2.75) is 36.1 Å². The van der Waals surface area contributed by atoms with Gasteiger partial charge in [-0.15, -0.1) is 23.1 Å². The number of carbonyl (C=O) groups excluding carboxylic acids is 3. The summed E-state index contributed by atoms with van der Waals surface area (Å²) < 4.78 is -0.662. The molecular formula is C15H16N3NaO4S2. The summed E-state index contributed by atoms with van der Waals surface area (Å²) in [5.41, 5.74) is 0. The maximum Gasteiger partial charge on any atom is 1.00 e. The zero-order valence-electron chi connectivity index (χ0n) is 14.0. The largest absolute Gasteiger partial charge is 1.00 e. The second-order valence-electron chi connectivity index (χ2n) is 6.02. The number of rotatable bonds is 4. The third-order valence-electron chi connectivity index (χ3n) is 3.96. The first-order valence-corrected chi connectivity index (χ1v) is 9.05. The average molecular weight is 389 g/mol. The Morgan fingerprint density at radius 2 is 2.12 bits per heavy atom. The number of fused-ring (bicyclic) bond motifs is 1. The smallest absolute Gasteiger partial charge is 0.548 e. The average Bonchev–Trinajstić information content (AvgIpc) is 3.09. The summed E-state index contributed by atoms with van der Waals surface area (Å²) in [5, 5.41) is 18.0. The van der Waals surface area contributed by atoms with Crippen LogP contribution in [0.1, 0.15) is 18.7 Å². The van der Waals surface area contributed by atoms with Gasteiger partial charge >= 0.3 is 35.6 Å². The molecule has 3 amide bonds. The molecule has 0 radical (unpaired) electrons. The standard InChI is InChI=1S/C15H17N3O4S2.Na/c1-15(2)10(13(20)21)18-11(19)9(12(18)24-15)17-14(22)16-6-5-8-4-3-7-23-8;/h3-7,9-10,12H,1-2H3,(H,20,21)(H2,16,17,22);/q;+1/p-1/b6-5+;/t9?,10-,12?;/m0./s1. The Kier molecular flexibility index (Phi) is 6.26. The van der Waals surface area contributed by atoms with Crippen molar-refractivity contribution in [3.8, 4) is 0 Å². The van der Waals surface area contributed by atoms with Crippen LogP contribution in [0.3, 0.4) is 0 Å². The monoisotopic (exact) mass is 389 g/mol. The normalized spacial score (nSPS) is 26.6. The van der Waals surface area contributed by atoms with Gasteiger partial charge in [0.25, 0.3) is 0 Å². The maximum absolute atomic E-state index is 12.2. The molecule has 2 N–H and O–H groups in total. The Morgan fingerprint density at radius 1 is 1.40 bits per heavy atom. The molecule has 7 nitrogen and oxygen atoms in total. The molecule has 1 aromatic rings. The van der Waals surface area contributed by atoms with E-state index in [9.17, 15) is 19.5 Å². The van der Waals surface area contributed by atoms with Crippen molar-refractivity contribution in [3.05, 3.63) is 28.6 Å². The number of carboxylic acids is 1. The van der Waals surface area contributed by atoms with Crippen LogP contribution in [0.4, 0.5) is 4.79 Å². The van der Waals surface area contributed by atoms with Crippen LogP contribution in [0.5, 0.6) is 0 Å². The number of urea groups is 1. The zero-order valence-corrected chi connectivity index (χ0v) is 17.6. The van der Waals surface area contributed by atoms with Crippen molar-refractivity contribution in [3.63, 3.8) is 0 Å². The van der Waals surface area contributed by atoms with Gasteiger partial charge in [-0.25, -0.2) is 4.79 Å². The Balaban J connectivity index is 0.00000225. The van der Waals surface area contributed by atoms with E-state index in [-0.39, 0.29) is 34.9 Å². The van der Waals surface area contributed by atoms with E-state index in [4.69, 9.17) is 0 Å². The van der Waals surface area contributed by atoms with Crippen LogP contribution in [-0.2, 0) is 9.59 Å². The summed E-state index contributed by atoms with van der Waals surface area (Å²) >= 11 is 2.89. The van der Waals surface area contributed by atoms with Crippen LogP contribution in [0.15, 0.2) is 23.7 Å². The fourth-order valence-corrected chi connectivity index (χ4v) is 5.13. The summed E-state index contributed by atoms with van der Waals surface area (Å²) in [6, 6.07) is 1.59. The first-order valence-electron chi connectivity index (χ1n) is 7.29. The number of hydrogen-bond donors (Lipinski definition) is 2. The predicted octanol–water partition coefficient (Wildman–Crippen LogP) is -2.80. The van der Waals surface area contributed by atoms with Crippen molar-refractivity contribution < 1.29 is 49.0 Å². The number of nitrogens with zero attached hydrogens (tertiary/aromatic N) is 1. The van der Waals surface area contributed by atoms with E-state index in [0.29, 0.717) is 0 Å². The molecule has 3 heterocycles. The minimum absolute atomic E-state index is 0. The number of aliphatic carboxylic acids is 1. The Bertz CT molecular complexity index is 708. The van der Waals surface area contributed by atoms with Gasteiger partial charge in [0.15, 0.2) is 0 Å². The number of carboxylic acid groups (broad SMARTS) is 1. The minimum atomic E-state index is -1.27. The van der Waals surface area contributed by atoms with Gasteiger partial charge in [-0.3, -0.25) is 4.79 Å². The van der Waals surface area contributed by atoms with Gasteiger partial charge in [0.1, 0.15) is 11.4 Å². The molecule has 0 aromatic carbocycles. The molecule has 0 bridgehead atoms. The molecule has 0 spiro atoms. The number of thiophene rings is 1. The molecule has 0 saturated carbocycles. The first-order chi connectivity index (χ1) is 11.3. The van der Waals surface area contributed by atoms with Crippen molar-refractivity contribution >= 4 is 47.1 Å². The van der Waals surface area contributed by atoms with E-state index in [2.05, 4.69) is 10.6 Å². The topological polar surface area (TPSA) is 102 Å². The number of amides is 3. The SMILES string of the molecule is CC1(C)SC2C(NC(=O)N/C=C/c3cccs3)C(=O)N2[C@H]1C(=O)[O-].[Na+]. The second kappa shape index (κ2) is 7.71. The number of β-lactam (4-membered cyclic amide) rings is 1. The zero-order chi connectivity index (χ0) is 17.5. The summed E-state index contributed by atoms with van der Waals surface area (Å²) in [7, 11) is 0. The number of thioether (sulfide) groups is 1.